The van der Waals surface area contributed by atoms with Gasteiger partial charge in [-0.05, 0) is 24.2 Å². The first-order valence-electron chi connectivity index (χ1n) is 6.20. The second-order valence-corrected chi connectivity index (χ2v) is 6.54. The normalized spacial score (nSPS) is 35.2. The van der Waals surface area contributed by atoms with Crippen LogP contribution >= 0.6 is 0 Å². The van der Waals surface area contributed by atoms with Gasteiger partial charge in [0, 0.05) is 12.0 Å². The average molecular weight is 213 g/mol. The Morgan fingerprint density at radius 2 is 2.07 bits per heavy atom. The first-order valence-corrected chi connectivity index (χ1v) is 6.20. The third-order valence-electron chi connectivity index (χ3n) is 3.93. The maximum atomic E-state index is 10.5. The van der Waals surface area contributed by atoms with Crippen molar-refractivity contribution in [3.05, 3.63) is 0 Å². The first-order chi connectivity index (χ1) is 6.82. The lowest BCUT2D eigenvalue weighted by Crippen LogP contribution is -2.50. The molecule has 1 aliphatic carbocycles. The number of hydrogen-bond acceptors (Lipinski definition) is 2. The van der Waals surface area contributed by atoms with Crippen LogP contribution in [0.1, 0.15) is 53.4 Å². The van der Waals surface area contributed by atoms with Crippen LogP contribution in [-0.4, -0.2) is 17.8 Å². The largest absolute Gasteiger partial charge is 0.392 e. The minimum absolute atomic E-state index is 0.0318. The lowest BCUT2D eigenvalue weighted by molar-refractivity contribution is -0.0733. The number of aliphatic hydroxyl groups is 1. The van der Waals surface area contributed by atoms with Crippen LogP contribution in [0.3, 0.4) is 0 Å². The number of nitrogens with two attached hydrogens (primary N) is 1. The fraction of sp³-hybridized carbons (Fsp3) is 1.00. The van der Waals surface area contributed by atoms with E-state index in [1.807, 2.05) is 0 Å². The minimum atomic E-state index is -0.280. The second kappa shape index (κ2) is 4.42. The molecule has 0 bridgehead atoms. The Morgan fingerprint density at radius 3 is 2.47 bits per heavy atom. The maximum absolute atomic E-state index is 10.5. The summed E-state index contributed by atoms with van der Waals surface area (Å²) in [5.41, 5.74) is 5.85. The summed E-state index contributed by atoms with van der Waals surface area (Å²) in [7, 11) is 0. The quantitative estimate of drug-likeness (QED) is 0.740. The van der Waals surface area contributed by atoms with E-state index in [1.54, 1.807) is 0 Å². The Morgan fingerprint density at radius 1 is 1.47 bits per heavy atom. The molecule has 2 nitrogen and oxygen atoms in total. The number of rotatable bonds is 2. The molecule has 3 N–H and O–H groups in total. The predicted octanol–water partition coefficient (Wildman–Crippen LogP) is 2.55. The van der Waals surface area contributed by atoms with Gasteiger partial charge < -0.3 is 10.8 Å². The Kier molecular flexibility index (Phi) is 3.83. The summed E-state index contributed by atoms with van der Waals surface area (Å²) >= 11 is 0. The van der Waals surface area contributed by atoms with E-state index in [1.165, 1.54) is 12.8 Å². The Bertz CT molecular complexity index is 209. The molecule has 1 aliphatic rings. The summed E-state index contributed by atoms with van der Waals surface area (Å²) < 4.78 is 0. The van der Waals surface area contributed by atoms with E-state index < -0.39 is 0 Å². The first kappa shape index (κ1) is 13.0. The Labute approximate surface area is 94.2 Å². The molecule has 0 amide bonds. The van der Waals surface area contributed by atoms with Gasteiger partial charge in [-0.2, -0.15) is 0 Å². The highest BCUT2D eigenvalue weighted by Crippen LogP contribution is 2.46. The zero-order valence-corrected chi connectivity index (χ0v) is 10.7. The molecular formula is C13H27NO. The SMILES string of the molecule is CC1CCCC(CN)(C(O)C(C)(C)C)C1. The molecule has 3 unspecified atom stereocenters. The third kappa shape index (κ3) is 2.73. The smallest absolute Gasteiger partial charge is 0.0656 e. The summed E-state index contributed by atoms with van der Waals surface area (Å²) in [5, 5.41) is 10.5. The van der Waals surface area contributed by atoms with Gasteiger partial charge in [-0.25, -0.2) is 0 Å². The van der Waals surface area contributed by atoms with Crippen molar-refractivity contribution in [3.8, 4) is 0 Å². The molecule has 0 aromatic carbocycles. The molecule has 0 radical (unpaired) electrons. The van der Waals surface area contributed by atoms with E-state index in [2.05, 4.69) is 27.7 Å². The molecule has 15 heavy (non-hydrogen) atoms. The van der Waals surface area contributed by atoms with Crippen molar-refractivity contribution in [1.82, 2.24) is 0 Å². The van der Waals surface area contributed by atoms with Gasteiger partial charge in [0.25, 0.3) is 0 Å². The minimum Gasteiger partial charge on any atom is -0.392 e. The van der Waals surface area contributed by atoms with Gasteiger partial charge >= 0.3 is 0 Å². The van der Waals surface area contributed by atoms with Crippen LogP contribution in [0.15, 0.2) is 0 Å². The highest BCUT2D eigenvalue weighted by atomic mass is 16.3. The van der Waals surface area contributed by atoms with E-state index in [-0.39, 0.29) is 16.9 Å². The lowest BCUT2D eigenvalue weighted by atomic mass is 9.61. The maximum Gasteiger partial charge on any atom is 0.0656 e. The predicted molar refractivity (Wildman–Crippen MR) is 64.6 cm³/mol. The van der Waals surface area contributed by atoms with Crippen LogP contribution in [0.25, 0.3) is 0 Å². The van der Waals surface area contributed by atoms with Gasteiger partial charge in [-0.1, -0.05) is 40.5 Å². The van der Waals surface area contributed by atoms with E-state index in [4.69, 9.17) is 5.73 Å². The molecule has 3 atom stereocenters. The molecule has 2 heteroatoms. The Balaban J connectivity index is 2.84. The zero-order chi connectivity index (χ0) is 11.7. The molecular weight excluding hydrogens is 186 g/mol. The molecule has 0 aliphatic heterocycles. The van der Waals surface area contributed by atoms with Crippen LogP contribution in [0.5, 0.6) is 0 Å². The monoisotopic (exact) mass is 213 g/mol. The van der Waals surface area contributed by atoms with Crippen LogP contribution < -0.4 is 5.73 Å². The fourth-order valence-corrected chi connectivity index (χ4v) is 3.16. The summed E-state index contributed by atoms with van der Waals surface area (Å²) in [4.78, 5) is 0. The van der Waals surface area contributed by atoms with Gasteiger partial charge in [0.1, 0.15) is 0 Å². The molecule has 1 fully saturated rings. The lowest BCUT2D eigenvalue weighted by Gasteiger charge is -2.47. The molecule has 0 saturated heterocycles. The molecule has 0 heterocycles. The molecule has 90 valence electrons. The van der Waals surface area contributed by atoms with Crippen LogP contribution in [0, 0.1) is 16.7 Å². The molecule has 1 saturated carbocycles. The second-order valence-electron chi connectivity index (χ2n) is 6.54. The van der Waals surface area contributed by atoms with Crippen molar-refractivity contribution in [3.63, 3.8) is 0 Å². The number of aliphatic hydroxyl groups excluding tert-OH is 1. The summed E-state index contributed by atoms with van der Waals surface area (Å²) in [6.45, 7) is 9.21. The van der Waals surface area contributed by atoms with Gasteiger partial charge in [-0.3, -0.25) is 0 Å². The molecule has 1 rings (SSSR count). The van der Waals surface area contributed by atoms with Crippen molar-refractivity contribution in [2.75, 3.05) is 6.54 Å². The molecule has 0 aromatic rings. The Hall–Kier alpha value is -0.0800. The van der Waals surface area contributed by atoms with Crippen molar-refractivity contribution >= 4 is 0 Å². The summed E-state index contributed by atoms with van der Waals surface area (Å²) in [6, 6.07) is 0. The van der Waals surface area contributed by atoms with Crippen molar-refractivity contribution in [2.24, 2.45) is 22.5 Å². The van der Waals surface area contributed by atoms with Gasteiger partial charge in [0.2, 0.25) is 0 Å². The van der Waals surface area contributed by atoms with Crippen molar-refractivity contribution in [1.29, 1.82) is 0 Å². The third-order valence-corrected chi connectivity index (χ3v) is 3.93. The molecule has 0 spiro atoms. The number of hydrogen-bond donors (Lipinski definition) is 2. The van der Waals surface area contributed by atoms with E-state index in [0.29, 0.717) is 12.5 Å². The van der Waals surface area contributed by atoms with Gasteiger partial charge in [0.05, 0.1) is 6.10 Å². The van der Waals surface area contributed by atoms with Crippen molar-refractivity contribution in [2.45, 2.75) is 59.5 Å². The van der Waals surface area contributed by atoms with E-state index in [9.17, 15) is 5.11 Å². The van der Waals surface area contributed by atoms with Gasteiger partial charge in [-0.15, -0.1) is 0 Å². The van der Waals surface area contributed by atoms with E-state index in [0.717, 1.165) is 12.8 Å². The standard InChI is InChI=1S/C13H27NO/c1-10-6-5-7-13(8-10,9-14)11(15)12(2,3)4/h10-11,15H,5-9,14H2,1-4H3. The van der Waals surface area contributed by atoms with Crippen LogP contribution in [0.2, 0.25) is 0 Å². The fourth-order valence-electron chi connectivity index (χ4n) is 3.16. The molecule has 0 aromatic heterocycles. The van der Waals surface area contributed by atoms with Crippen LogP contribution in [-0.2, 0) is 0 Å². The highest BCUT2D eigenvalue weighted by molar-refractivity contribution is 4.96. The van der Waals surface area contributed by atoms with Gasteiger partial charge in [0.15, 0.2) is 0 Å². The average Bonchev–Trinajstić information content (AvgIpc) is 2.15. The zero-order valence-electron chi connectivity index (χ0n) is 10.7. The topological polar surface area (TPSA) is 46.2 Å². The van der Waals surface area contributed by atoms with Crippen LogP contribution in [0.4, 0.5) is 0 Å². The highest BCUT2D eigenvalue weighted by Gasteiger charge is 2.44. The summed E-state index contributed by atoms with van der Waals surface area (Å²) in [6.07, 6.45) is 4.40. The summed E-state index contributed by atoms with van der Waals surface area (Å²) in [5.74, 6) is 0.708. The van der Waals surface area contributed by atoms with Crippen molar-refractivity contribution < 1.29 is 5.11 Å². The van der Waals surface area contributed by atoms with E-state index >= 15 is 0 Å².